The van der Waals surface area contributed by atoms with Crippen LogP contribution < -0.4 is 5.32 Å². The quantitative estimate of drug-likeness (QED) is 0.577. The minimum absolute atomic E-state index is 0.487. The molecule has 1 aliphatic heterocycles. The minimum Gasteiger partial charge on any atom is -0.314 e. The van der Waals surface area contributed by atoms with Gasteiger partial charge < -0.3 is 5.32 Å². The van der Waals surface area contributed by atoms with Crippen LogP contribution in [0, 0.1) is 5.41 Å². The molecule has 10 heavy (non-hydrogen) atoms. The SMILES string of the molecule is C=CCC1(C)CN[C@H](C)C1. The van der Waals surface area contributed by atoms with Crippen molar-refractivity contribution < 1.29 is 0 Å². The van der Waals surface area contributed by atoms with E-state index in [2.05, 4.69) is 25.7 Å². The molecule has 1 aliphatic rings. The van der Waals surface area contributed by atoms with Crippen LogP contribution in [0.4, 0.5) is 0 Å². The molecule has 0 saturated carbocycles. The Hall–Kier alpha value is -0.300. The normalized spacial score (nSPS) is 40.0. The molecule has 2 atom stereocenters. The fourth-order valence-electron chi connectivity index (χ4n) is 1.81. The second kappa shape index (κ2) is 2.75. The summed E-state index contributed by atoms with van der Waals surface area (Å²) >= 11 is 0. The van der Waals surface area contributed by atoms with Gasteiger partial charge in [0.1, 0.15) is 0 Å². The van der Waals surface area contributed by atoms with Gasteiger partial charge in [0.25, 0.3) is 0 Å². The van der Waals surface area contributed by atoms with Gasteiger partial charge >= 0.3 is 0 Å². The van der Waals surface area contributed by atoms with E-state index in [1.54, 1.807) is 0 Å². The highest BCUT2D eigenvalue weighted by atomic mass is 15.0. The number of hydrogen-bond donors (Lipinski definition) is 1. The molecule has 0 spiro atoms. The molecule has 1 heteroatoms. The molecule has 58 valence electrons. The van der Waals surface area contributed by atoms with Crippen molar-refractivity contribution in [3.63, 3.8) is 0 Å². The molecule has 0 aliphatic carbocycles. The fourth-order valence-corrected chi connectivity index (χ4v) is 1.81. The molecule has 0 bridgehead atoms. The zero-order chi connectivity index (χ0) is 7.61. The van der Waals surface area contributed by atoms with Crippen LogP contribution in [0.25, 0.3) is 0 Å². The van der Waals surface area contributed by atoms with Crippen molar-refractivity contribution in [1.29, 1.82) is 0 Å². The van der Waals surface area contributed by atoms with E-state index in [0.29, 0.717) is 11.5 Å². The molecular weight excluding hydrogens is 122 g/mol. The number of hydrogen-bond acceptors (Lipinski definition) is 1. The van der Waals surface area contributed by atoms with Gasteiger partial charge in [0.05, 0.1) is 0 Å². The number of allylic oxidation sites excluding steroid dienone is 1. The van der Waals surface area contributed by atoms with Crippen molar-refractivity contribution in [3.05, 3.63) is 12.7 Å². The van der Waals surface area contributed by atoms with E-state index in [1.165, 1.54) is 6.42 Å². The molecule has 0 aromatic carbocycles. The summed E-state index contributed by atoms with van der Waals surface area (Å²) < 4.78 is 0. The zero-order valence-corrected chi connectivity index (χ0v) is 6.98. The van der Waals surface area contributed by atoms with E-state index in [1.807, 2.05) is 6.08 Å². The summed E-state index contributed by atoms with van der Waals surface area (Å²) in [6.45, 7) is 9.49. The Kier molecular flexibility index (Phi) is 2.14. The van der Waals surface area contributed by atoms with E-state index >= 15 is 0 Å². The summed E-state index contributed by atoms with van der Waals surface area (Å²) in [6.07, 6.45) is 4.46. The van der Waals surface area contributed by atoms with Gasteiger partial charge in [0.15, 0.2) is 0 Å². The first-order chi connectivity index (χ1) is 4.66. The number of nitrogens with one attached hydrogen (secondary N) is 1. The molecular formula is C9H17N. The second-order valence-electron chi connectivity index (χ2n) is 3.79. The van der Waals surface area contributed by atoms with Crippen LogP contribution in [0.15, 0.2) is 12.7 Å². The van der Waals surface area contributed by atoms with E-state index in [-0.39, 0.29) is 0 Å². The molecule has 1 fully saturated rings. The summed E-state index contributed by atoms with van der Waals surface area (Å²) in [5.41, 5.74) is 0.487. The second-order valence-corrected chi connectivity index (χ2v) is 3.79. The Morgan fingerprint density at radius 2 is 2.50 bits per heavy atom. The summed E-state index contributed by atoms with van der Waals surface area (Å²) in [5, 5.41) is 3.45. The lowest BCUT2D eigenvalue weighted by Crippen LogP contribution is -2.20. The average molecular weight is 139 g/mol. The van der Waals surface area contributed by atoms with Crippen molar-refractivity contribution >= 4 is 0 Å². The van der Waals surface area contributed by atoms with Gasteiger partial charge in [-0.3, -0.25) is 0 Å². The van der Waals surface area contributed by atoms with Gasteiger partial charge in [-0.15, -0.1) is 6.58 Å². The molecule has 0 amide bonds. The molecule has 0 radical (unpaired) electrons. The van der Waals surface area contributed by atoms with Crippen LogP contribution >= 0.6 is 0 Å². The van der Waals surface area contributed by atoms with Gasteiger partial charge in [-0.25, -0.2) is 0 Å². The Balaban J connectivity index is 2.45. The summed E-state index contributed by atoms with van der Waals surface area (Å²) in [5.74, 6) is 0. The Morgan fingerprint density at radius 1 is 1.80 bits per heavy atom. The minimum atomic E-state index is 0.487. The first-order valence-electron chi connectivity index (χ1n) is 4.00. The Morgan fingerprint density at radius 3 is 2.90 bits per heavy atom. The highest BCUT2D eigenvalue weighted by Gasteiger charge is 2.30. The molecule has 1 unspecified atom stereocenters. The van der Waals surface area contributed by atoms with Crippen LogP contribution in [0.1, 0.15) is 26.7 Å². The zero-order valence-electron chi connectivity index (χ0n) is 6.98. The number of rotatable bonds is 2. The van der Waals surface area contributed by atoms with Crippen LogP contribution in [0.3, 0.4) is 0 Å². The third-order valence-corrected chi connectivity index (χ3v) is 2.31. The van der Waals surface area contributed by atoms with E-state index in [9.17, 15) is 0 Å². The maximum Gasteiger partial charge on any atom is 0.00447 e. The van der Waals surface area contributed by atoms with Gasteiger partial charge in [-0.2, -0.15) is 0 Å². The maximum atomic E-state index is 3.77. The molecule has 0 aromatic heterocycles. The third-order valence-electron chi connectivity index (χ3n) is 2.31. The van der Waals surface area contributed by atoms with Crippen molar-refractivity contribution in [3.8, 4) is 0 Å². The van der Waals surface area contributed by atoms with Gasteiger partial charge in [-0.1, -0.05) is 13.0 Å². The van der Waals surface area contributed by atoms with Crippen molar-refractivity contribution in [2.45, 2.75) is 32.7 Å². The van der Waals surface area contributed by atoms with Crippen LogP contribution in [0.5, 0.6) is 0 Å². The van der Waals surface area contributed by atoms with Crippen LogP contribution in [-0.4, -0.2) is 12.6 Å². The van der Waals surface area contributed by atoms with Crippen molar-refractivity contribution in [2.75, 3.05) is 6.54 Å². The highest BCUT2D eigenvalue weighted by Crippen LogP contribution is 2.31. The first-order valence-corrected chi connectivity index (χ1v) is 4.00. The molecule has 1 saturated heterocycles. The average Bonchev–Trinajstić information content (AvgIpc) is 2.12. The maximum absolute atomic E-state index is 3.77. The van der Waals surface area contributed by atoms with Crippen LogP contribution in [0.2, 0.25) is 0 Å². The fraction of sp³-hybridized carbons (Fsp3) is 0.778. The largest absolute Gasteiger partial charge is 0.314 e. The Labute approximate surface area is 63.5 Å². The topological polar surface area (TPSA) is 12.0 Å². The monoisotopic (exact) mass is 139 g/mol. The van der Waals surface area contributed by atoms with Crippen molar-refractivity contribution in [1.82, 2.24) is 5.32 Å². The van der Waals surface area contributed by atoms with Crippen molar-refractivity contribution in [2.24, 2.45) is 5.41 Å². The smallest absolute Gasteiger partial charge is 0.00447 e. The molecule has 0 aromatic rings. The van der Waals surface area contributed by atoms with Gasteiger partial charge in [-0.05, 0) is 25.2 Å². The van der Waals surface area contributed by atoms with Gasteiger partial charge in [0, 0.05) is 12.6 Å². The standard InChI is InChI=1S/C9H17N/c1-4-5-9(3)6-8(2)10-7-9/h4,8,10H,1,5-7H2,2-3H3/t8-,9?/m1/s1. The van der Waals surface area contributed by atoms with E-state index in [4.69, 9.17) is 0 Å². The highest BCUT2D eigenvalue weighted by molar-refractivity contribution is 4.92. The lowest BCUT2D eigenvalue weighted by atomic mass is 9.85. The van der Waals surface area contributed by atoms with Crippen LogP contribution in [-0.2, 0) is 0 Å². The Bertz CT molecular complexity index is 131. The van der Waals surface area contributed by atoms with E-state index < -0.39 is 0 Å². The summed E-state index contributed by atoms with van der Waals surface area (Å²) in [4.78, 5) is 0. The summed E-state index contributed by atoms with van der Waals surface area (Å²) in [6, 6.07) is 0.699. The van der Waals surface area contributed by atoms with E-state index in [0.717, 1.165) is 13.0 Å². The lowest BCUT2D eigenvalue weighted by Gasteiger charge is -2.19. The lowest BCUT2D eigenvalue weighted by molar-refractivity contribution is 0.364. The predicted molar refractivity (Wildman–Crippen MR) is 45.0 cm³/mol. The summed E-state index contributed by atoms with van der Waals surface area (Å²) in [7, 11) is 0. The molecule has 1 rings (SSSR count). The molecule has 1 nitrogen and oxygen atoms in total. The predicted octanol–water partition coefficient (Wildman–Crippen LogP) is 1.95. The molecule has 1 N–H and O–H groups in total. The third kappa shape index (κ3) is 1.60. The van der Waals surface area contributed by atoms with Gasteiger partial charge in [0.2, 0.25) is 0 Å². The first kappa shape index (κ1) is 7.80. The molecule has 1 heterocycles.